The van der Waals surface area contributed by atoms with Crippen molar-refractivity contribution in [3.8, 4) is 17.5 Å². The van der Waals surface area contributed by atoms with Gasteiger partial charge in [-0.3, -0.25) is 9.52 Å². The van der Waals surface area contributed by atoms with Crippen LogP contribution in [0.4, 0.5) is 18.9 Å². The fourth-order valence-corrected chi connectivity index (χ4v) is 6.04. The summed E-state index contributed by atoms with van der Waals surface area (Å²) >= 11 is 0. The molecule has 10 nitrogen and oxygen atoms in total. The number of nitrogens with zero attached hydrogens (tertiary/aromatic N) is 4. The lowest BCUT2D eigenvalue weighted by Gasteiger charge is -2.32. The SMILES string of the molecule is COc1ncc(C(=O)N2CCC(c3ccc(Oc4ccc(C(F)(F)F)nn4)cc3)CC2)cc1NS(=O)(=O)Cc1ccccc1. The van der Waals surface area contributed by atoms with Crippen molar-refractivity contribution in [2.24, 2.45) is 0 Å². The molecule has 1 N–H and O–H groups in total. The van der Waals surface area contributed by atoms with Gasteiger partial charge in [0.2, 0.25) is 21.8 Å². The quantitative estimate of drug-likeness (QED) is 0.253. The van der Waals surface area contributed by atoms with Gasteiger partial charge in [0.25, 0.3) is 5.91 Å². The van der Waals surface area contributed by atoms with Crippen LogP contribution in [0.1, 0.15) is 45.9 Å². The Hall–Kier alpha value is -4.72. The first-order valence-electron chi connectivity index (χ1n) is 13.6. The van der Waals surface area contributed by atoms with Crippen LogP contribution in [0.3, 0.4) is 0 Å². The Bertz CT molecular complexity index is 1700. The molecule has 1 saturated heterocycles. The molecular formula is C30H28F3N5O5S. The highest BCUT2D eigenvalue weighted by Crippen LogP contribution is 2.32. The van der Waals surface area contributed by atoms with E-state index in [2.05, 4.69) is 19.9 Å². The molecule has 1 aliphatic rings. The molecule has 2 aromatic heterocycles. The maximum atomic E-state index is 13.3. The van der Waals surface area contributed by atoms with Crippen LogP contribution >= 0.6 is 0 Å². The number of carbonyl (C=O) groups excluding carboxylic acids is 1. The summed E-state index contributed by atoms with van der Waals surface area (Å²) in [6.07, 6.45) is -1.83. The number of hydrogen-bond donors (Lipinski definition) is 1. The zero-order chi connectivity index (χ0) is 31.3. The maximum Gasteiger partial charge on any atom is 0.435 e. The summed E-state index contributed by atoms with van der Waals surface area (Å²) in [6.45, 7) is 0.952. The number of piperidine rings is 1. The smallest absolute Gasteiger partial charge is 0.435 e. The van der Waals surface area contributed by atoms with Gasteiger partial charge in [0.05, 0.1) is 18.4 Å². The van der Waals surface area contributed by atoms with Crippen molar-refractivity contribution in [2.75, 3.05) is 24.9 Å². The number of carbonyl (C=O) groups is 1. The van der Waals surface area contributed by atoms with Crippen molar-refractivity contribution < 1.29 is 35.9 Å². The number of likely N-dealkylation sites (tertiary alicyclic amines) is 1. The lowest BCUT2D eigenvalue weighted by atomic mass is 9.89. The Kier molecular flexibility index (Phi) is 8.99. The third kappa shape index (κ3) is 7.61. The van der Waals surface area contributed by atoms with Crippen LogP contribution in [0.25, 0.3) is 0 Å². The van der Waals surface area contributed by atoms with Crippen molar-refractivity contribution in [3.63, 3.8) is 0 Å². The van der Waals surface area contributed by atoms with Crippen LogP contribution in [-0.2, 0) is 22.0 Å². The van der Waals surface area contributed by atoms with E-state index in [1.54, 1.807) is 47.4 Å². The second-order valence-corrected chi connectivity index (χ2v) is 11.8. The van der Waals surface area contributed by atoms with Crippen LogP contribution in [0.5, 0.6) is 17.5 Å². The number of pyridine rings is 1. The summed E-state index contributed by atoms with van der Waals surface area (Å²) in [5, 5.41) is 6.63. The number of rotatable bonds is 9. The number of halogens is 3. The zero-order valence-electron chi connectivity index (χ0n) is 23.5. The number of benzene rings is 2. The first-order valence-corrected chi connectivity index (χ1v) is 15.2. The molecular weight excluding hydrogens is 599 g/mol. The molecule has 1 aliphatic heterocycles. The molecule has 0 atom stereocenters. The highest BCUT2D eigenvalue weighted by atomic mass is 32.2. The molecule has 0 saturated carbocycles. The number of nitrogens with one attached hydrogen (secondary N) is 1. The third-order valence-electron chi connectivity index (χ3n) is 7.04. The van der Waals surface area contributed by atoms with Gasteiger partial charge >= 0.3 is 6.18 Å². The van der Waals surface area contributed by atoms with Crippen molar-refractivity contribution in [2.45, 2.75) is 30.7 Å². The van der Waals surface area contributed by atoms with E-state index in [9.17, 15) is 26.4 Å². The van der Waals surface area contributed by atoms with Crippen molar-refractivity contribution in [3.05, 3.63) is 101 Å². The molecule has 0 spiro atoms. The highest BCUT2D eigenvalue weighted by molar-refractivity contribution is 7.91. The molecule has 1 amide bonds. The predicted octanol–water partition coefficient (Wildman–Crippen LogP) is 5.65. The van der Waals surface area contributed by atoms with Crippen LogP contribution in [0.15, 0.2) is 79.0 Å². The van der Waals surface area contributed by atoms with Gasteiger partial charge in [-0.2, -0.15) is 13.2 Å². The normalized spacial score (nSPS) is 14.2. The Morgan fingerprint density at radius 2 is 1.70 bits per heavy atom. The van der Waals surface area contributed by atoms with E-state index in [0.717, 1.165) is 17.7 Å². The standard InChI is InChI=1S/C30H28F3N5O5S/c1-42-28-25(37-44(40,41)19-20-5-3-2-4-6-20)17-23(18-34-28)29(39)38-15-13-22(14-16-38)21-7-9-24(10-8-21)43-27-12-11-26(35-36-27)30(31,32)33/h2-12,17-18,22,37H,13-16,19H2,1H3. The fourth-order valence-electron chi connectivity index (χ4n) is 4.86. The molecule has 1 fully saturated rings. The van der Waals surface area contributed by atoms with Crippen molar-refractivity contribution >= 4 is 21.6 Å². The van der Waals surface area contributed by atoms with Crippen LogP contribution < -0.4 is 14.2 Å². The molecule has 3 heterocycles. The van der Waals surface area contributed by atoms with E-state index in [-0.39, 0.29) is 40.6 Å². The minimum Gasteiger partial charge on any atom is -0.480 e. The number of amides is 1. The van der Waals surface area contributed by atoms with Crippen molar-refractivity contribution in [1.82, 2.24) is 20.1 Å². The highest BCUT2D eigenvalue weighted by Gasteiger charge is 2.33. The summed E-state index contributed by atoms with van der Waals surface area (Å²) in [5.41, 5.74) is 0.849. The van der Waals surface area contributed by atoms with E-state index in [1.807, 2.05) is 12.1 Å². The largest absolute Gasteiger partial charge is 0.480 e. The number of anilines is 1. The Labute approximate surface area is 251 Å². The van der Waals surface area contributed by atoms with Gasteiger partial charge in [0.15, 0.2) is 5.69 Å². The summed E-state index contributed by atoms with van der Waals surface area (Å²) in [5.74, 6) is 0.0423. The second-order valence-electron chi connectivity index (χ2n) is 10.1. The summed E-state index contributed by atoms with van der Waals surface area (Å²) < 4.78 is 76.9. The van der Waals surface area contributed by atoms with Gasteiger partial charge in [-0.1, -0.05) is 42.5 Å². The third-order valence-corrected chi connectivity index (χ3v) is 8.29. The first-order chi connectivity index (χ1) is 21.0. The number of alkyl halides is 3. The Morgan fingerprint density at radius 1 is 1.00 bits per heavy atom. The van der Waals surface area contributed by atoms with E-state index in [1.165, 1.54) is 19.4 Å². The summed E-state index contributed by atoms with van der Waals surface area (Å²) in [7, 11) is -2.44. The van der Waals surface area contributed by atoms with E-state index in [4.69, 9.17) is 9.47 Å². The van der Waals surface area contributed by atoms with Gasteiger partial charge in [-0.25, -0.2) is 13.4 Å². The molecule has 230 valence electrons. The number of sulfonamides is 1. The maximum absolute atomic E-state index is 13.3. The molecule has 0 aliphatic carbocycles. The van der Waals surface area contributed by atoms with E-state index in [0.29, 0.717) is 37.2 Å². The van der Waals surface area contributed by atoms with Gasteiger partial charge in [0, 0.05) is 25.4 Å². The second kappa shape index (κ2) is 12.9. The average Bonchev–Trinajstić information content (AvgIpc) is 3.01. The molecule has 4 aromatic rings. The first kappa shape index (κ1) is 30.7. The van der Waals surface area contributed by atoms with Gasteiger partial charge in [0.1, 0.15) is 11.4 Å². The molecule has 44 heavy (non-hydrogen) atoms. The van der Waals surface area contributed by atoms with Crippen molar-refractivity contribution in [1.29, 1.82) is 0 Å². The number of ether oxygens (including phenoxy) is 2. The van der Waals surface area contributed by atoms with Gasteiger partial charge in [-0.15, -0.1) is 10.2 Å². The van der Waals surface area contributed by atoms with Crippen LogP contribution in [0.2, 0.25) is 0 Å². The number of methoxy groups -OCH3 is 1. The monoisotopic (exact) mass is 627 g/mol. The molecule has 5 rings (SSSR count). The lowest BCUT2D eigenvalue weighted by Crippen LogP contribution is -2.38. The average molecular weight is 628 g/mol. The lowest BCUT2D eigenvalue weighted by molar-refractivity contribution is -0.141. The molecule has 0 radical (unpaired) electrons. The molecule has 0 bridgehead atoms. The minimum atomic E-state index is -4.58. The van der Waals surface area contributed by atoms with E-state index < -0.39 is 21.9 Å². The minimum absolute atomic E-state index is 0.0506. The zero-order valence-corrected chi connectivity index (χ0v) is 24.3. The number of hydrogen-bond acceptors (Lipinski definition) is 8. The van der Waals surface area contributed by atoms with Gasteiger partial charge in [-0.05, 0) is 54.2 Å². The molecule has 0 unspecified atom stereocenters. The summed E-state index contributed by atoms with van der Waals surface area (Å²) in [4.78, 5) is 19.2. The van der Waals surface area contributed by atoms with Crippen LogP contribution in [0, 0.1) is 0 Å². The van der Waals surface area contributed by atoms with Gasteiger partial charge < -0.3 is 14.4 Å². The molecule has 14 heteroatoms. The topological polar surface area (TPSA) is 124 Å². The predicted molar refractivity (Wildman–Crippen MR) is 155 cm³/mol. The Morgan fingerprint density at radius 3 is 2.32 bits per heavy atom. The van der Waals surface area contributed by atoms with Crippen LogP contribution in [-0.4, -0.2) is 54.6 Å². The Balaban J connectivity index is 1.18. The summed E-state index contributed by atoms with van der Waals surface area (Å²) in [6, 6.07) is 19.2. The van der Waals surface area contributed by atoms with E-state index >= 15 is 0 Å². The molecule has 2 aromatic carbocycles. The fraction of sp³-hybridized carbons (Fsp3) is 0.267. The number of aromatic nitrogens is 3.